The van der Waals surface area contributed by atoms with Gasteiger partial charge >= 0.3 is 12.2 Å². The lowest BCUT2D eigenvalue weighted by Gasteiger charge is -2.20. The molecule has 0 aliphatic rings. The first-order valence-electron chi connectivity index (χ1n) is 11.3. The predicted octanol–water partition coefficient (Wildman–Crippen LogP) is 4.90. The molecule has 2 aromatic carbocycles. The molecule has 2 rings (SSSR count). The minimum Gasteiger partial charge on any atom is -0.507 e. The maximum absolute atomic E-state index is 11.8. The Morgan fingerprint density at radius 2 is 1.06 bits per heavy atom. The first-order chi connectivity index (χ1) is 15.7. The number of ether oxygens (including phenoxy) is 2. The van der Waals surface area contributed by atoms with Crippen molar-refractivity contribution in [2.45, 2.75) is 65.6 Å². The Morgan fingerprint density at radius 1 is 0.706 bits per heavy atom. The molecule has 0 aliphatic heterocycles. The van der Waals surface area contributed by atoms with E-state index in [0.717, 1.165) is 11.1 Å². The fourth-order valence-electron chi connectivity index (χ4n) is 3.16. The summed E-state index contributed by atoms with van der Waals surface area (Å²) >= 11 is 0. The highest BCUT2D eigenvalue weighted by atomic mass is 16.6. The topological polar surface area (TPSA) is 117 Å². The van der Waals surface area contributed by atoms with Gasteiger partial charge in [0.25, 0.3) is 0 Å². The van der Waals surface area contributed by atoms with Crippen molar-refractivity contribution in [3.8, 4) is 22.6 Å². The van der Waals surface area contributed by atoms with Crippen molar-refractivity contribution >= 4 is 12.2 Å². The quantitative estimate of drug-likeness (QED) is 0.455. The van der Waals surface area contributed by atoms with E-state index in [1.165, 1.54) is 0 Å². The molecule has 0 radical (unpaired) electrons. The minimum absolute atomic E-state index is 0.0307. The lowest BCUT2D eigenvalue weighted by Crippen LogP contribution is -2.33. The Bertz CT molecular complexity index is 924. The lowest BCUT2D eigenvalue weighted by molar-refractivity contribution is 0.0517. The van der Waals surface area contributed by atoms with Crippen molar-refractivity contribution in [3.05, 3.63) is 47.5 Å². The summed E-state index contributed by atoms with van der Waals surface area (Å²) in [4.78, 5) is 23.7. The van der Waals surface area contributed by atoms with Gasteiger partial charge in [0.15, 0.2) is 0 Å². The molecular formula is C26H36N2O6. The van der Waals surface area contributed by atoms with E-state index in [0.29, 0.717) is 37.1 Å². The summed E-state index contributed by atoms with van der Waals surface area (Å²) in [6.07, 6.45) is 0.0632. The van der Waals surface area contributed by atoms with Gasteiger partial charge in [0.05, 0.1) is 0 Å². The van der Waals surface area contributed by atoms with Crippen LogP contribution in [0.15, 0.2) is 36.4 Å². The number of rotatable bonds is 7. The van der Waals surface area contributed by atoms with Gasteiger partial charge in [-0.2, -0.15) is 0 Å². The van der Waals surface area contributed by atoms with Gasteiger partial charge in [-0.25, -0.2) is 9.59 Å². The smallest absolute Gasteiger partial charge is 0.407 e. The van der Waals surface area contributed by atoms with Crippen LogP contribution in [-0.2, 0) is 22.3 Å². The van der Waals surface area contributed by atoms with E-state index < -0.39 is 23.4 Å². The monoisotopic (exact) mass is 472 g/mol. The summed E-state index contributed by atoms with van der Waals surface area (Å²) in [6.45, 7) is 11.5. The molecule has 4 N–H and O–H groups in total. The second kappa shape index (κ2) is 11.1. The van der Waals surface area contributed by atoms with Crippen LogP contribution in [0.25, 0.3) is 11.1 Å². The number of hydrogen-bond donors (Lipinski definition) is 4. The third kappa shape index (κ3) is 9.21. The number of benzene rings is 2. The SMILES string of the molecule is CC(C)(C)OC(=O)NCCc1ccc(O)c(-c2cc(CCNC(=O)OC(C)(C)C)ccc2O)c1. The Balaban J connectivity index is 2.05. The zero-order valence-electron chi connectivity index (χ0n) is 20.8. The normalized spacial score (nSPS) is 11.6. The van der Waals surface area contributed by atoms with Gasteiger partial charge in [0.2, 0.25) is 0 Å². The number of amides is 2. The van der Waals surface area contributed by atoms with Gasteiger partial charge in [0, 0.05) is 24.2 Å². The van der Waals surface area contributed by atoms with Crippen molar-refractivity contribution < 1.29 is 29.3 Å². The highest BCUT2D eigenvalue weighted by molar-refractivity contribution is 5.76. The molecule has 0 aromatic heterocycles. The molecule has 0 atom stereocenters. The Morgan fingerprint density at radius 3 is 1.38 bits per heavy atom. The van der Waals surface area contributed by atoms with Crippen LogP contribution >= 0.6 is 0 Å². The Kier molecular flexibility index (Phi) is 8.79. The number of carbonyl (C=O) groups is 2. The first kappa shape index (κ1) is 26.8. The molecule has 2 amide bonds. The molecule has 0 saturated heterocycles. The molecule has 34 heavy (non-hydrogen) atoms. The van der Waals surface area contributed by atoms with E-state index in [1.807, 2.05) is 0 Å². The van der Waals surface area contributed by atoms with Crippen molar-refractivity contribution in [3.63, 3.8) is 0 Å². The van der Waals surface area contributed by atoms with Crippen LogP contribution in [0.3, 0.4) is 0 Å². The van der Waals surface area contributed by atoms with E-state index in [9.17, 15) is 19.8 Å². The fraction of sp³-hybridized carbons (Fsp3) is 0.462. The molecule has 0 unspecified atom stereocenters. The van der Waals surface area contributed by atoms with Crippen LogP contribution in [0.5, 0.6) is 11.5 Å². The maximum atomic E-state index is 11.8. The molecule has 8 nitrogen and oxygen atoms in total. The predicted molar refractivity (Wildman–Crippen MR) is 131 cm³/mol. The van der Waals surface area contributed by atoms with Gasteiger partial charge in [-0.1, -0.05) is 12.1 Å². The summed E-state index contributed by atoms with van der Waals surface area (Å²) in [5.41, 5.74) is 1.57. The summed E-state index contributed by atoms with van der Waals surface area (Å²) in [5.74, 6) is 0.0614. The zero-order valence-corrected chi connectivity index (χ0v) is 20.8. The van der Waals surface area contributed by atoms with Crippen molar-refractivity contribution in [2.75, 3.05) is 13.1 Å². The molecule has 2 aromatic rings. The van der Waals surface area contributed by atoms with E-state index >= 15 is 0 Å². The third-order valence-electron chi connectivity index (χ3n) is 4.58. The highest BCUT2D eigenvalue weighted by Gasteiger charge is 2.17. The molecular weight excluding hydrogens is 436 g/mol. The average Bonchev–Trinajstić information content (AvgIpc) is 2.68. The molecule has 0 aliphatic carbocycles. The summed E-state index contributed by atoms with van der Waals surface area (Å²) in [7, 11) is 0. The first-order valence-corrected chi connectivity index (χ1v) is 11.3. The molecule has 0 bridgehead atoms. The van der Waals surface area contributed by atoms with Crippen molar-refractivity contribution in [1.29, 1.82) is 0 Å². The van der Waals surface area contributed by atoms with Crippen LogP contribution in [0, 0.1) is 0 Å². The van der Waals surface area contributed by atoms with Gasteiger partial charge in [-0.05, 0) is 89.8 Å². The number of nitrogens with one attached hydrogen (secondary N) is 2. The van der Waals surface area contributed by atoms with Crippen LogP contribution in [0.4, 0.5) is 9.59 Å². The van der Waals surface area contributed by atoms with E-state index in [-0.39, 0.29) is 11.5 Å². The van der Waals surface area contributed by atoms with Gasteiger partial charge in [-0.3, -0.25) is 0 Å². The largest absolute Gasteiger partial charge is 0.507 e. The van der Waals surface area contributed by atoms with Gasteiger partial charge in [0.1, 0.15) is 22.7 Å². The standard InChI is InChI=1S/C26H36N2O6/c1-25(2,3)33-23(31)27-13-11-17-7-9-21(29)19(15-17)20-16-18(8-10-22(20)30)12-14-28-24(32)34-26(4,5)6/h7-10,15-16,29-30H,11-14H2,1-6H3,(H,27,31)(H,28,32). The molecule has 0 saturated carbocycles. The Labute approximate surface area is 201 Å². The highest BCUT2D eigenvalue weighted by Crippen LogP contribution is 2.36. The summed E-state index contributed by atoms with van der Waals surface area (Å²) < 4.78 is 10.5. The summed E-state index contributed by atoms with van der Waals surface area (Å²) in [5, 5.41) is 26.3. The van der Waals surface area contributed by atoms with E-state index in [4.69, 9.17) is 9.47 Å². The number of carbonyl (C=O) groups excluding carboxylic acids is 2. The van der Waals surface area contributed by atoms with Crippen molar-refractivity contribution in [2.24, 2.45) is 0 Å². The Hall–Kier alpha value is -3.42. The number of hydrogen-bond acceptors (Lipinski definition) is 6. The maximum Gasteiger partial charge on any atom is 0.407 e. The van der Waals surface area contributed by atoms with Crippen LogP contribution in [0.2, 0.25) is 0 Å². The number of aromatic hydroxyl groups is 2. The zero-order chi connectivity index (χ0) is 25.5. The number of phenols is 2. The third-order valence-corrected chi connectivity index (χ3v) is 4.58. The van der Waals surface area contributed by atoms with Crippen LogP contribution < -0.4 is 10.6 Å². The van der Waals surface area contributed by atoms with E-state index in [2.05, 4.69) is 10.6 Å². The molecule has 0 heterocycles. The van der Waals surface area contributed by atoms with Crippen molar-refractivity contribution in [1.82, 2.24) is 10.6 Å². The lowest BCUT2D eigenvalue weighted by atomic mass is 9.97. The minimum atomic E-state index is -0.569. The van der Waals surface area contributed by atoms with Gasteiger partial charge in [-0.15, -0.1) is 0 Å². The van der Waals surface area contributed by atoms with Gasteiger partial charge < -0.3 is 30.3 Å². The van der Waals surface area contributed by atoms with Crippen LogP contribution in [-0.4, -0.2) is 46.7 Å². The second-order valence-corrected chi connectivity index (χ2v) is 10.1. The number of phenolic OH excluding ortho intramolecular Hbond substituents is 2. The number of alkyl carbamates (subject to hydrolysis) is 2. The van der Waals surface area contributed by atoms with Crippen LogP contribution in [0.1, 0.15) is 52.7 Å². The summed E-state index contributed by atoms with van der Waals surface area (Å²) in [6, 6.07) is 10.2. The average molecular weight is 473 g/mol. The molecule has 0 spiro atoms. The molecule has 0 fully saturated rings. The second-order valence-electron chi connectivity index (χ2n) is 10.1. The molecule has 186 valence electrons. The molecule has 8 heteroatoms. The van der Waals surface area contributed by atoms with E-state index in [1.54, 1.807) is 77.9 Å². The fourth-order valence-corrected chi connectivity index (χ4v) is 3.16.